The Labute approximate surface area is 142 Å². The van der Waals surface area contributed by atoms with E-state index < -0.39 is 0 Å². The number of amides is 1. The zero-order valence-corrected chi connectivity index (χ0v) is 13.9. The molecule has 1 amide bonds. The number of aromatic nitrogens is 6. The monoisotopic (exact) mass is 343 g/mol. The SMILES string of the molecule is Cc1onc2c(=O)n(C)nc(C(=O)N3CCC[C@H](n4cncn4)C3)c12. The molecule has 4 rings (SSSR count). The molecule has 25 heavy (non-hydrogen) atoms. The number of nitrogens with zero attached hydrogens (tertiary/aromatic N) is 7. The summed E-state index contributed by atoms with van der Waals surface area (Å²) >= 11 is 0. The summed E-state index contributed by atoms with van der Waals surface area (Å²) in [5.41, 5.74) is -0.0687. The molecule has 1 saturated heterocycles. The summed E-state index contributed by atoms with van der Waals surface area (Å²) in [6.07, 6.45) is 4.92. The number of likely N-dealkylation sites (tertiary alicyclic amines) is 1. The van der Waals surface area contributed by atoms with E-state index in [1.807, 2.05) is 0 Å². The van der Waals surface area contributed by atoms with E-state index in [0.717, 1.165) is 17.5 Å². The highest BCUT2D eigenvalue weighted by atomic mass is 16.5. The van der Waals surface area contributed by atoms with Crippen LogP contribution in [0, 0.1) is 6.92 Å². The fraction of sp³-hybridized carbons (Fsp3) is 0.467. The molecule has 1 fully saturated rings. The molecule has 0 aromatic carbocycles. The first-order chi connectivity index (χ1) is 12.1. The third-order valence-corrected chi connectivity index (χ3v) is 4.54. The molecule has 0 aliphatic carbocycles. The lowest BCUT2D eigenvalue weighted by Crippen LogP contribution is -2.42. The fourth-order valence-corrected chi connectivity index (χ4v) is 3.26. The van der Waals surface area contributed by atoms with Gasteiger partial charge >= 0.3 is 0 Å². The van der Waals surface area contributed by atoms with Crippen LogP contribution in [0.5, 0.6) is 0 Å². The normalized spacial score (nSPS) is 18.0. The Morgan fingerprint density at radius 3 is 3.00 bits per heavy atom. The summed E-state index contributed by atoms with van der Waals surface area (Å²) in [4.78, 5) is 30.9. The molecule has 0 saturated carbocycles. The van der Waals surface area contributed by atoms with Crippen LogP contribution in [0.25, 0.3) is 10.9 Å². The molecule has 10 heteroatoms. The summed E-state index contributed by atoms with van der Waals surface area (Å²) in [5, 5.41) is 12.5. The third-order valence-electron chi connectivity index (χ3n) is 4.54. The van der Waals surface area contributed by atoms with Crippen LogP contribution in [-0.2, 0) is 7.05 Å². The van der Waals surface area contributed by atoms with Crippen LogP contribution < -0.4 is 5.56 Å². The third kappa shape index (κ3) is 2.49. The summed E-state index contributed by atoms with van der Waals surface area (Å²) in [6, 6.07) is 0.0757. The van der Waals surface area contributed by atoms with Gasteiger partial charge < -0.3 is 9.42 Å². The van der Waals surface area contributed by atoms with Gasteiger partial charge in [0.2, 0.25) is 0 Å². The predicted molar refractivity (Wildman–Crippen MR) is 86.0 cm³/mol. The standard InChI is InChI=1S/C15H17N7O3/c1-9-11-12(18-20(2)14(23)13(11)19-25-9)15(24)21-5-3-4-10(6-21)22-8-16-7-17-22/h7-8,10H,3-6H2,1-2H3/t10-/m0/s1. The van der Waals surface area contributed by atoms with Crippen molar-refractivity contribution in [2.45, 2.75) is 25.8 Å². The van der Waals surface area contributed by atoms with Crippen molar-refractivity contribution in [3.63, 3.8) is 0 Å². The van der Waals surface area contributed by atoms with Crippen LogP contribution in [0.4, 0.5) is 0 Å². The van der Waals surface area contributed by atoms with E-state index in [2.05, 4.69) is 20.3 Å². The molecule has 10 nitrogen and oxygen atoms in total. The number of fused-ring (bicyclic) bond motifs is 1. The second-order valence-electron chi connectivity index (χ2n) is 6.16. The minimum atomic E-state index is -0.387. The molecule has 1 atom stereocenters. The average Bonchev–Trinajstić information content (AvgIpc) is 3.28. The molecule has 4 heterocycles. The van der Waals surface area contributed by atoms with Crippen LogP contribution in [0.15, 0.2) is 22.0 Å². The highest BCUT2D eigenvalue weighted by molar-refractivity contribution is 6.04. The number of aryl methyl sites for hydroxylation is 2. The van der Waals surface area contributed by atoms with Crippen LogP contribution in [0.1, 0.15) is 35.1 Å². The minimum Gasteiger partial charge on any atom is -0.360 e. The van der Waals surface area contributed by atoms with Crippen molar-refractivity contribution in [1.82, 2.24) is 34.6 Å². The smallest absolute Gasteiger partial charge is 0.296 e. The Bertz CT molecular complexity index is 989. The summed E-state index contributed by atoms with van der Waals surface area (Å²) in [6.45, 7) is 2.81. The second-order valence-corrected chi connectivity index (χ2v) is 6.16. The topological polar surface area (TPSA) is 112 Å². The number of carbonyl (C=O) groups is 1. The van der Waals surface area contributed by atoms with Gasteiger partial charge in [0.05, 0.1) is 11.4 Å². The van der Waals surface area contributed by atoms with Crippen molar-refractivity contribution in [2.75, 3.05) is 13.1 Å². The van der Waals surface area contributed by atoms with E-state index in [-0.39, 0.29) is 28.7 Å². The predicted octanol–water partition coefficient (Wildman–Crippen LogP) is 0.299. The molecular weight excluding hydrogens is 326 g/mol. The van der Waals surface area contributed by atoms with Gasteiger partial charge in [-0.3, -0.25) is 9.59 Å². The van der Waals surface area contributed by atoms with Crippen molar-refractivity contribution in [2.24, 2.45) is 7.05 Å². The quantitative estimate of drug-likeness (QED) is 0.657. The summed E-state index contributed by atoms with van der Waals surface area (Å²) in [7, 11) is 1.50. The van der Waals surface area contributed by atoms with Gasteiger partial charge in [-0.25, -0.2) is 14.3 Å². The van der Waals surface area contributed by atoms with Crippen LogP contribution in [0.2, 0.25) is 0 Å². The molecule has 1 aliphatic heterocycles. The zero-order valence-electron chi connectivity index (χ0n) is 13.9. The zero-order chi connectivity index (χ0) is 17.6. The van der Waals surface area contributed by atoms with Gasteiger partial charge in [-0.05, 0) is 19.8 Å². The molecule has 0 spiro atoms. The molecule has 130 valence electrons. The molecule has 0 N–H and O–H groups in total. The first kappa shape index (κ1) is 15.5. The van der Waals surface area contributed by atoms with Crippen molar-refractivity contribution in [3.05, 3.63) is 34.5 Å². The summed E-state index contributed by atoms with van der Waals surface area (Å²) < 4.78 is 8.01. The van der Waals surface area contributed by atoms with Crippen molar-refractivity contribution >= 4 is 16.8 Å². The molecule has 3 aromatic heterocycles. The van der Waals surface area contributed by atoms with E-state index in [1.165, 1.54) is 13.4 Å². The lowest BCUT2D eigenvalue weighted by Gasteiger charge is -2.32. The number of carbonyl (C=O) groups excluding carboxylic acids is 1. The highest BCUT2D eigenvalue weighted by Crippen LogP contribution is 2.24. The van der Waals surface area contributed by atoms with Crippen LogP contribution >= 0.6 is 0 Å². The van der Waals surface area contributed by atoms with Gasteiger partial charge in [-0.15, -0.1) is 0 Å². The maximum Gasteiger partial charge on any atom is 0.296 e. The maximum absolute atomic E-state index is 13.1. The first-order valence-corrected chi connectivity index (χ1v) is 8.03. The van der Waals surface area contributed by atoms with Gasteiger partial charge in [-0.1, -0.05) is 5.16 Å². The molecule has 0 radical (unpaired) electrons. The van der Waals surface area contributed by atoms with Crippen LogP contribution in [0.3, 0.4) is 0 Å². The van der Waals surface area contributed by atoms with Crippen molar-refractivity contribution in [3.8, 4) is 0 Å². The lowest BCUT2D eigenvalue weighted by molar-refractivity contribution is 0.0666. The molecule has 3 aromatic rings. The first-order valence-electron chi connectivity index (χ1n) is 8.03. The Morgan fingerprint density at radius 1 is 1.40 bits per heavy atom. The molecule has 1 aliphatic rings. The number of hydrogen-bond donors (Lipinski definition) is 0. The number of hydrogen-bond acceptors (Lipinski definition) is 7. The van der Waals surface area contributed by atoms with Gasteiger partial charge in [0.25, 0.3) is 11.5 Å². The van der Waals surface area contributed by atoms with Crippen LogP contribution in [-0.4, -0.2) is 53.6 Å². The summed E-state index contributed by atoms with van der Waals surface area (Å²) in [5.74, 6) is 0.171. The van der Waals surface area contributed by atoms with E-state index in [9.17, 15) is 9.59 Å². The van der Waals surface area contributed by atoms with Crippen molar-refractivity contribution < 1.29 is 9.32 Å². The van der Waals surface area contributed by atoms with Gasteiger partial charge in [0.15, 0.2) is 11.2 Å². The van der Waals surface area contributed by atoms with Crippen molar-refractivity contribution in [1.29, 1.82) is 0 Å². The Hall–Kier alpha value is -3.04. The Kier molecular flexibility index (Phi) is 3.59. The number of rotatable bonds is 2. The second kappa shape index (κ2) is 5.80. The van der Waals surface area contributed by atoms with E-state index >= 15 is 0 Å². The molecule has 0 unspecified atom stereocenters. The van der Waals surface area contributed by atoms with E-state index in [1.54, 1.807) is 22.8 Å². The fourth-order valence-electron chi connectivity index (χ4n) is 3.26. The van der Waals surface area contributed by atoms with E-state index in [0.29, 0.717) is 24.2 Å². The largest absolute Gasteiger partial charge is 0.360 e. The van der Waals surface area contributed by atoms with Gasteiger partial charge in [0, 0.05) is 20.1 Å². The highest BCUT2D eigenvalue weighted by Gasteiger charge is 2.30. The molecular formula is C15H17N7O3. The minimum absolute atomic E-state index is 0.0757. The Morgan fingerprint density at radius 2 is 2.24 bits per heavy atom. The Balaban J connectivity index is 1.71. The van der Waals surface area contributed by atoms with E-state index in [4.69, 9.17) is 4.52 Å². The maximum atomic E-state index is 13.1. The van der Waals surface area contributed by atoms with Gasteiger partial charge in [-0.2, -0.15) is 10.2 Å². The van der Waals surface area contributed by atoms with Gasteiger partial charge in [0.1, 0.15) is 18.4 Å². The molecule has 0 bridgehead atoms. The number of piperidine rings is 1. The average molecular weight is 343 g/mol. The lowest BCUT2D eigenvalue weighted by atomic mass is 10.0.